The Hall–Kier alpha value is -1.06. The summed E-state index contributed by atoms with van der Waals surface area (Å²) >= 11 is 0. The fourth-order valence-corrected chi connectivity index (χ4v) is 1.56. The van der Waals surface area contributed by atoms with Crippen molar-refractivity contribution in [3.05, 3.63) is 0 Å². The summed E-state index contributed by atoms with van der Waals surface area (Å²) in [7, 11) is 0. The van der Waals surface area contributed by atoms with Crippen molar-refractivity contribution in [1.29, 1.82) is 0 Å². The van der Waals surface area contributed by atoms with Crippen LogP contribution in [0.5, 0.6) is 0 Å². The van der Waals surface area contributed by atoms with Gasteiger partial charge in [0.1, 0.15) is 0 Å². The lowest BCUT2D eigenvalue weighted by Crippen LogP contribution is -2.25. The molecule has 0 radical (unpaired) electrons. The molecular weight excluding hydrogens is 148 g/mol. The minimum atomic E-state index is -0.867. The monoisotopic (exact) mass is 156 g/mol. The van der Waals surface area contributed by atoms with Crippen LogP contribution in [0.3, 0.4) is 0 Å². The van der Waals surface area contributed by atoms with Gasteiger partial charge >= 0.3 is 11.9 Å². The molecule has 1 saturated carbocycles. The van der Waals surface area contributed by atoms with Gasteiger partial charge < -0.3 is 9.47 Å². The number of hydrogen-bond acceptors (Lipinski definition) is 4. The van der Waals surface area contributed by atoms with Crippen LogP contribution >= 0.6 is 0 Å². The third-order valence-electron chi connectivity index (χ3n) is 2.09. The molecular formula is C7H8O4. The van der Waals surface area contributed by atoms with Crippen molar-refractivity contribution in [2.75, 3.05) is 0 Å². The Labute approximate surface area is 63.5 Å². The lowest BCUT2D eigenvalue weighted by Gasteiger charge is -2.17. The van der Waals surface area contributed by atoms with Gasteiger partial charge in [0, 0.05) is 12.8 Å². The molecule has 4 nitrogen and oxygen atoms in total. The van der Waals surface area contributed by atoms with E-state index in [1.807, 2.05) is 0 Å². The van der Waals surface area contributed by atoms with Gasteiger partial charge in [-0.25, -0.2) is 9.59 Å². The van der Waals surface area contributed by atoms with Crippen LogP contribution in [0.15, 0.2) is 0 Å². The van der Waals surface area contributed by atoms with Crippen molar-refractivity contribution in [3.8, 4) is 0 Å². The van der Waals surface area contributed by atoms with Crippen LogP contribution < -0.4 is 0 Å². The van der Waals surface area contributed by atoms with Gasteiger partial charge in [-0.1, -0.05) is 0 Å². The Morgan fingerprint density at radius 1 is 1.00 bits per heavy atom. The summed E-state index contributed by atoms with van der Waals surface area (Å²) < 4.78 is 9.62. The molecule has 0 aromatic carbocycles. The smallest absolute Gasteiger partial charge is 0.414 e. The summed E-state index contributed by atoms with van der Waals surface area (Å²) in [4.78, 5) is 21.3. The first-order valence-corrected chi connectivity index (χ1v) is 3.68. The van der Waals surface area contributed by atoms with E-state index in [9.17, 15) is 9.59 Å². The van der Waals surface area contributed by atoms with Crippen LogP contribution in [0.1, 0.15) is 25.7 Å². The second-order valence-corrected chi connectivity index (χ2v) is 2.90. The van der Waals surface area contributed by atoms with E-state index in [0.29, 0.717) is 12.8 Å². The minimum absolute atomic E-state index is 0.657. The Bertz CT molecular complexity index is 196. The van der Waals surface area contributed by atoms with Crippen molar-refractivity contribution >= 4 is 11.9 Å². The third-order valence-corrected chi connectivity index (χ3v) is 2.09. The lowest BCUT2D eigenvalue weighted by molar-refractivity contribution is -0.174. The van der Waals surface area contributed by atoms with Gasteiger partial charge in [0.2, 0.25) is 0 Å². The highest BCUT2D eigenvalue weighted by atomic mass is 16.8. The number of rotatable bonds is 0. The van der Waals surface area contributed by atoms with E-state index in [1.54, 1.807) is 0 Å². The number of esters is 2. The predicted molar refractivity (Wildman–Crippen MR) is 33.4 cm³/mol. The second-order valence-electron chi connectivity index (χ2n) is 2.90. The Balaban J connectivity index is 2.18. The molecule has 0 atom stereocenters. The maximum absolute atomic E-state index is 10.6. The zero-order chi connectivity index (χ0) is 7.90. The standard InChI is InChI=1S/C7H8O4/c8-5-6(9)11-7(10-5)3-1-2-4-7/h1-4H2. The molecule has 4 heteroatoms. The molecule has 1 aliphatic carbocycles. The highest BCUT2D eigenvalue weighted by molar-refractivity contribution is 6.31. The molecule has 2 rings (SSSR count). The SMILES string of the molecule is O=C1OC2(CCCC2)OC1=O. The van der Waals surface area contributed by atoms with E-state index in [4.69, 9.17) is 9.47 Å². The Morgan fingerprint density at radius 2 is 1.45 bits per heavy atom. The number of carbonyl (C=O) groups is 2. The molecule has 2 fully saturated rings. The molecule has 60 valence electrons. The van der Waals surface area contributed by atoms with E-state index in [0.717, 1.165) is 12.8 Å². The molecule has 0 N–H and O–H groups in total. The van der Waals surface area contributed by atoms with Crippen molar-refractivity contribution in [2.24, 2.45) is 0 Å². The highest BCUT2D eigenvalue weighted by Crippen LogP contribution is 2.37. The maximum Gasteiger partial charge on any atom is 0.420 e. The molecule has 1 heterocycles. The van der Waals surface area contributed by atoms with E-state index in [1.165, 1.54) is 0 Å². The fourth-order valence-electron chi connectivity index (χ4n) is 1.56. The summed E-state index contributed by atoms with van der Waals surface area (Å²) in [6, 6.07) is 0. The molecule has 2 aliphatic rings. The first-order chi connectivity index (χ1) is 5.22. The Kier molecular flexibility index (Phi) is 1.19. The zero-order valence-corrected chi connectivity index (χ0v) is 5.96. The topological polar surface area (TPSA) is 52.6 Å². The normalized spacial score (nSPS) is 27.3. The summed E-state index contributed by atoms with van der Waals surface area (Å²) in [6.07, 6.45) is 3.23. The molecule has 1 aliphatic heterocycles. The van der Waals surface area contributed by atoms with Gasteiger partial charge in [-0.05, 0) is 12.8 Å². The van der Waals surface area contributed by atoms with Crippen molar-refractivity contribution < 1.29 is 19.1 Å². The zero-order valence-electron chi connectivity index (χ0n) is 5.96. The first-order valence-electron chi connectivity index (χ1n) is 3.68. The van der Waals surface area contributed by atoms with Crippen LogP contribution in [0, 0.1) is 0 Å². The molecule has 0 aromatic rings. The minimum Gasteiger partial charge on any atom is -0.414 e. The fraction of sp³-hybridized carbons (Fsp3) is 0.714. The molecule has 1 saturated heterocycles. The van der Waals surface area contributed by atoms with Crippen molar-refractivity contribution in [2.45, 2.75) is 31.5 Å². The molecule has 11 heavy (non-hydrogen) atoms. The molecule has 0 unspecified atom stereocenters. The summed E-state index contributed by atoms with van der Waals surface area (Å²) in [5.41, 5.74) is 0. The number of hydrogen-bond donors (Lipinski definition) is 0. The van der Waals surface area contributed by atoms with E-state index in [2.05, 4.69) is 0 Å². The molecule has 0 aromatic heterocycles. The lowest BCUT2D eigenvalue weighted by atomic mass is 10.2. The first kappa shape index (κ1) is 6.64. The van der Waals surface area contributed by atoms with E-state index < -0.39 is 17.7 Å². The van der Waals surface area contributed by atoms with E-state index >= 15 is 0 Å². The quantitative estimate of drug-likeness (QED) is 0.375. The third kappa shape index (κ3) is 0.895. The largest absolute Gasteiger partial charge is 0.420 e. The summed E-state index contributed by atoms with van der Waals surface area (Å²) in [5, 5.41) is 0. The van der Waals surface area contributed by atoms with Crippen molar-refractivity contribution in [3.63, 3.8) is 0 Å². The van der Waals surface area contributed by atoms with Crippen LogP contribution in [-0.2, 0) is 19.1 Å². The molecule has 1 spiro atoms. The maximum atomic E-state index is 10.6. The summed E-state index contributed by atoms with van der Waals surface area (Å²) in [6.45, 7) is 0. The second kappa shape index (κ2) is 1.96. The number of ether oxygens (including phenoxy) is 2. The van der Waals surface area contributed by atoms with Crippen LogP contribution in [0.25, 0.3) is 0 Å². The van der Waals surface area contributed by atoms with Gasteiger partial charge in [0.25, 0.3) is 5.79 Å². The van der Waals surface area contributed by atoms with Gasteiger partial charge in [0.05, 0.1) is 0 Å². The van der Waals surface area contributed by atoms with Gasteiger partial charge in [-0.15, -0.1) is 0 Å². The van der Waals surface area contributed by atoms with Gasteiger partial charge in [-0.2, -0.15) is 0 Å². The average molecular weight is 156 g/mol. The summed E-state index contributed by atoms with van der Waals surface area (Å²) in [5.74, 6) is -2.55. The van der Waals surface area contributed by atoms with Crippen molar-refractivity contribution in [1.82, 2.24) is 0 Å². The average Bonchev–Trinajstić information content (AvgIpc) is 2.46. The van der Waals surface area contributed by atoms with Crippen LogP contribution in [-0.4, -0.2) is 17.7 Å². The number of carbonyl (C=O) groups excluding carboxylic acids is 2. The van der Waals surface area contributed by atoms with Gasteiger partial charge in [0.15, 0.2) is 0 Å². The van der Waals surface area contributed by atoms with E-state index in [-0.39, 0.29) is 0 Å². The predicted octanol–water partition coefficient (Wildman–Crippen LogP) is 0.357. The van der Waals surface area contributed by atoms with Crippen LogP contribution in [0.2, 0.25) is 0 Å². The Morgan fingerprint density at radius 3 is 1.91 bits per heavy atom. The highest BCUT2D eigenvalue weighted by Gasteiger charge is 2.49. The molecule has 0 amide bonds. The van der Waals surface area contributed by atoms with Gasteiger partial charge in [-0.3, -0.25) is 0 Å². The molecule has 0 bridgehead atoms. The van der Waals surface area contributed by atoms with Crippen LogP contribution in [0.4, 0.5) is 0 Å².